The van der Waals surface area contributed by atoms with Crippen molar-refractivity contribution >= 4 is 103 Å². The van der Waals surface area contributed by atoms with Crippen LogP contribution in [0.25, 0.3) is 10.2 Å². The summed E-state index contributed by atoms with van der Waals surface area (Å²) in [5.41, 5.74) is 7.07. The number of aliphatic hydroxyl groups excluding tert-OH is 1. The fourth-order valence-electron chi connectivity index (χ4n) is 9.51. The molecule has 0 aliphatic carbocycles. The number of para-hydroxylation sites is 1. The number of nitrogens with one attached hydrogen (secondary N) is 5. The number of hydrogen-bond donors (Lipinski definition) is 7. The first-order valence-corrected chi connectivity index (χ1v) is 32.8. The van der Waals surface area contributed by atoms with Crippen molar-refractivity contribution in [3.05, 3.63) is 105 Å². The number of nitrogens with two attached hydrogens (primary N) is 1. The molecule has 0 aliphatic rings. The lowest BCUT2D eigenvalue weighted by Gasteiger charge is -2.27. The van der Waals surface area contributed by atoms with Gasteiger partial charge in [0.15, 0.2) is 40.1 Å². The Morgan fingerprint density at radius 2 is 1.62 bits per heavy atom. The number of carboxylic acid groups (broad SMARTS) is 1. The van der Waals surface area contributed by atoms with Gasteiger partial charge in [-0.2, -0.15) is 0 Å². The van der Waals surface area contributed by atoms with Gasteiger partial charge < -0.3 is 85.5 Å². The number of aromatic carboxylic acids is 1. The van der Waals surface area contributed by atoms with E-state index in [2.05, 4.69) is 64.5 Å². The van der Waals surface area contributed by atoms with Crippen molar-refractivity contribution in [1.82, 2.24) is 45.9 Å². The summed E-state index contributed by atoms with van der Waals surface area (Å²) in [6.07, 6.45) is 4.02. The number of carboxylic acids is 1. The van der Waals surface area contributed by atoms with Gasteiger partial charge in [0.2, 0.25) is 11.8 Å². The molecule has 0 saturated heterocycles. The van der Waals surface area contributed by atoms with Crippen LogP contribution in [0.2, 0.25) is 0 Å². The van der Waals surface area contributed by atoms with Crippen LogP contribution in [-0.2, 0) is 43.4 Å². The Balaban J connectivity index is 1.07. The van der Waals surface area contributed by atoms with Gasteiger partial charge in [-0.15, -0.1) is 28.0 Å². The standard InChI is InChI=1S/C67H85FN14O13S2/c1-13-33-93-66(91)80(9)38-45-37-46(71-58(84)50(23-16-30-70-61(69)88)72-59(85)55(41(2)3)75-64(89)95-67(5,6)7)28-27-44(45)40-94-65(90)79(8)31-17-20-43-26-29-51(48(68)36-43)92-34-19-25-53-56(60(86)87)74-63(97-53)81(32-18-21-47(83)39-82(10,11)12)54-35-42(4)57(78-77-54)76-62-73-49-22-14-15-24-52(49)96-62/h1,14-15,22,24,26-29,35-37,41,47,50,55,83H,16,18-19,21,23,25,30-34,38-40H2,2-12H3,(H7-,69,70,71,72,73,75,76,78,84,85,86,87,88,89)/t47?,50-,55-/m0/s1. The molecule has 97 heavy (non-hydrogen) atoms. The summed E-state index contributed by atoms with van der Waals surface area (Å²) in [6.45, 7) is 10.4. The summed E-state index contributed by atoms with van der Waals surface area (Å²) in [7, 11) is 8.88. The Bertz CT molecular complexity index is 3820. The average Bonchev–Trinajstić information content (AvgIpc) is 1.66. The van der Waals surface area contributed by atoms with Gasteiger partial charge in [0.25, 0.3) is 0 Å². The van der Waals surface area contributed by atoms with Gasteiger partial charge in [-0.1, -0.05) is 61.1 Å². The van der Waals surface area contributed by atoms with Gasteiger partial charge in [-0.3, -0.25) is 9.59 Å². The summed E-state index contributed by atoms with van der Waals surface area (Å²) in [5, 5.41) is 47.2. The zero-order chi connectivity index (χ0) is 71.1. The molecule has 3 heterocycles. The number of ether oxygens (including phenoxy) is 4. The fourth-order valence-corrected chi connectivity index (χ4v) is 11.5. The van der Waals surface area contributed by atoms with Crippen LogP contribution in [-0.4, -0.2) is 180 Å². The van der Waals surface area contributed by atoms with E-state index in [1.54, 1.807) is 57.7 Å². The Hall–Kier alpha value is -9.88. The Morgan fingerprint density at radius 1 is 0.876 bits per heavy atom. The zero-order valence-electron chi connectivity index (χ0n) is 56.3. The number of aryl methyl sites for hydroxylation is 2. The lowest BCUT2D eigenvalue weighted by Crippen LogP contribution is -2.55. The van der Waals surface area contributed by atoms with Crippen molar-refractivity contribution in [1.29, 1.82) is 0 Å². The number of rotatable bonds is 32. The average molecular weight is 1380 g/mol. The van der Waals surface area contributed by atoms with Crippen LogP contribution in [0.3, 0.4) is 0 Å². The van der Waals surface area contributed by atoms with Crippen LogP contribution in [0, 0.1) is 42.8 Å². The topological polar surface area (TPSA) is 347 Å². The first kappa shape index (κ1) is 76.1. The maximum absolute atomic E-state index is 15.5. The molecule has 30 heteroatoms. The largest absolute Gasteiger partial charge is 0.543 e. The molecule has 6 rings (SSSR count). The summed E-state index contributed by atoms with van der Waals surface area (Å²) in [5.74, 6) is 4.79. The first-order chi connectivity index (χ1) is 45.9. The maximum Gasteiger partial charge on any atom is 0.410 e. The molecule has 0 saturated carbocycles. The summed E-state index contributed by atoms with van der Waals surface area (Å²) < 4.78 is 39.0. The lowest BCUT2D eigenvalue weighted by molar-refractivity contribution is -0.873. The van der Waals surface area contributed by atoms with Gasteiger partial charge in [-0.25, -0.2) is 33.5 Å². The van der Waals surface area contributed by atoms with E-state index in [0.29, 0.717) is 68.3 Å². The van der Waals surface area contributed by atoms with E-state index in [1.165, 1.54) is 53.4 Å². The van der Waals surface area contributed by atoms with Crippen molar-refractivity contribution in [2.24, 2.45) is 11.7 Å². The Morgan fingerprint density at radius 3 is 2.29 bits per heavy atom. The Kier molecular flexibility index (Phi) is 28.1. The van der Waals surface area contributed by atoms with E-state index in [0.717, 1.165) is 27.1 Å². The van der Waals surface area contributed by atoms with Gasteiger partial charge in [0.1, 0.15) is 42.6 Å². The smallest absolute Gasteiger partial charge is 0.410 e. The highest BCUT2D eigenvalue weighted by Crippen LogP contribution is 2.35. The molecule has 7 amide bonds. The number of aliphatic hydroxyl groups is 1. The first-order valence-electron chi connectivity index (χ1n) is 31.2. The number of nitrogens with zero attached hydrogens (tertiary/aromatic N) is 8. The zero-order valence-corrected chi connectivity index (χ0v) is 58.0. The number of likely N-dealkylation sites (N-methyl/N-ethyl adjacent to an activating group) is 1. The second-order valence-corrected chi connectivity index (χ2v) is 27.2. The van der Waals surface area contributed by atoms with Gasteiger partial charge in [0, 0.05) is 49.9 Å². The highest BCUT2D eigenvalue weighted by atomic mass is 32.1. The number of amides is 7. The van der Waals surface area contributed by atoms with Gasteiger partial charge in [0.05, 0.1) is 50.5 Å². The quantitative estimate of drug-likeness (QED) is 0.00940. The summed E-state index contributed by atoms with van der Waals surface area (Å²) in [4.78, 5) is 104. The van der Waals surface area contributed by atoms with Crippen molar-refractivity contribution in [2.75, 3.05) is 90.2 Å². The molecule has 3 aromatic heterocycles. The molecule has 8 N–H and O–H groups in total. The van der Waals surface area contributed by atoms with Crippen LogP contribution < -0.4 is 47.1 Å². The van der Waals surface area contributed by atoms with Crippen LogP contribution >= 0.6 is 22.7 Å². The molecule has 3 atom stereocenters. The number of quaternary nitrogens is 1. The van der Waals surface area contributed by atoms with Crippen LogP contribution in [0.4, 0.5) is 51.2 Å². The minimum atomic E-state index is -1.47. The van der Waals surface area contributed by atoms with Gasteiger partial charge in [-0.05, 0) is 137 Å². The monoisotopic (exact) mass is 1380 g/mol. The fraction of sp³-hybridized carbons (Fsp3) is 0.448. The number of alkyl carbamates (subject to hydrolysis) is 1. The van der Waals surface area contributed by atoms with E-state index >= 15 is 4.39 Å². The van der Waals surface area contributed by atoms with Crippen molar-refractivity contribution in [2.45, 2.75) is 117 Å². The number of halogens is 1. The van der Waals surface area contributed by atoms with Crippen LogP contribution in [0.15, 0.2) is 66.7 Å². The third-order valence-electron chi connectivity index (χ3n) is 14.2. The number of urea groups is 1. The number of hydrogen-bond acceptors (Lipinski definition) is 21. The molecule has 0 aliphatic heterocycles. The number of primary amides is 1. The molecule has 3 aromatic carbocycles. The maximum atomic E-state index is 15.5. The number of thiazole rings is 2. The number of anilines is 5. The third-order valence-corrected chi connectivity index (χ3v) is 16.3. The molecule has 520 valence electrons. The van der Waals surface area contributed by atoms with E-state index in [-0.39, 0.29) is 87.8 Å². The molecule has 1 unspecified atom stereocenters. The van der Waals surface area contributed by atoms with E-state index in [1.807, 2.05) is 58.4 Å². The molecule has 27 nitrogen and oxygen atoms in total. The van der Waals surface area contributed by atoms with Crippen molar-refractivity contribution < 1.29 is 71.6 Å². The number of carbonyl (C=O) groups is 7. The molecule has 0 radical (unpaired) electrons. The predicted molar refractivity (Wildman–Crippen MR) is 365 cm³/mol. The van der Waals surface area contributed by atoms with Crippen LogP contribution in [0.1, 0.15) is 104 Å². The predicted octanol–water partition coefficient (Wildman–Crippen LogP) is 7.34. The normalized spacial score (nSPS) is 12.2. The second-order valence-electron chi connectivity index (χ2n) is 25.1. The molecular weight excluding hydrogens is 1290 g/mol. The second kappa shape index (κ2) is 35.7. The highest BCUT2D eigenvalue weighted by molar-refractivity contribution is 7.22. The molecule has 0 spiro atoms. The van der Waals surface area contributed by atoms with Crippen molar-refractivity contribution in [3.8, 4) is 29.9 Å². The Labute approximate surface area is 571 Å². The minimum Gasteiger partial charge on any atom is -0.543 e. The molecule has 0 fully saturated rings. The highest BCUT2D eigenvalue weighted by Gasteiger charge is 2.31. The molecule has 0 bridgehead atoms. The minimum absolute atomic E-state index is 0.00771. The van der Waals surface area contributed by atoms with E-state index in [9.17, 15) is 43.8 Å². The molecule has 6 aromatic rings. The number of fused-ring (bicyclic) bond motifs is 1. The summed E-state index contributed by atoms with van der Waals surface area (Å²) >= 11 is 2.63. The van der Waals surface area contributed by atoms with Gasteiger partial charge >= 0.3 is 24.3 Å². The molecular formula is C67H85FN14O13S2. The SMILES string of the molecule is C#CCOC(=O)N(C)Cc1cc(NC(=O)[C@H](CCCNC(N)=O)NC(=O)[C@@H](NC(=O)OC(C)(C)C)C(C)C)ccc1COC(=O)N(C)CC#Cc1ccc(OCCCc2sc(N(CCCC(O)C[N+](C)(C)C)c3cc(C)c(Nc4nc5ccccc5s4)nn3)nc2C(=O)[O-])c(F)c1. The van der Waals surface area contributed by atoms with Crippen LogP contribution in [0.5, 0.6) is 5.75 Å². The number of benzene rings is 3. The van der Waals surface area contributed by atoms with E-state index < -0.39 is 77.6 Å². The van der Waals surface area contributed by atoms with E-state index in [4.69, 9.17) is 31.1 Å². The number of aromatic nitrogens is 4. The number of terminal acetylenes is 1. The lowest BCUT2D eigenvalue weighted by atomic mass is 10.0. The van der Waals surface area contributed by atoms with Crippen molar-refractivity contribution in [3.63, 3.8) is 0 Å². The number of carbonyl (C=O) groups excluding carboxylic acids is 7. The third kappa shape index (κ3) is 24.7. The summed E-state index contributed by atoms with van der Waals surface area (Å²) in [6, 6.07) is 15.3.